The van der Waals surface area contributed by atoms with Gasteiger partial charge in [0.2, 0.25) is 0 Å². The lowest BCUT2D eigenvalue weighted by molar-refractivity contribution is 0.381. The molecule has 0 N–H and O–H groups in total. The molecule has 2 heterocycles. The minimum absolute atomic E-state index is 0.253. The lowest BCUT2D eigenvalue weighted by Crippen LogP contribution is -2.25. The van der Waals surface area contributed by atoms with Gasteiger partial charge in [-0.25, -0.2) is 17.7 Å². The fourth-order valence-corrected chi connectivity index (χ4v) is 3.77. The van der Waals surface area contributed by atoms with Gasteiger partial charge in [-0.3, -0.25) is 0 Å². The highest BCUT2D eigenvalue weighted by Gasteiger charge is 2.31. The Hall–Kier alpha value is -0.880. The van der Waals surface area contributed by atoms with E-state index in [1.165, 1.54) is 4.31 Å². The van der Waals surface area contributed by atoms with Crippen LogP contribution in [-0.2, 0) is 16.4 Å². The molecular formula is C12H21N3O2S. The zero-order valence-corrected chi connectivity index (χ0v) is 12.3. The van der Waals surface area contributed by atoms with Crippen LogP contribution < -0.4 is 0 Å². The van der Waals surface area contributed by atoms with Gasteiger partial charge in [0.1, 0.15) is 5.82 Å². The van der Waals surface area contributed by atoms with Crippen molar-refractivity contribution < 1.29 is 8.42 Å². The third-order valence-corrected chi connectivity index (χ3v) is 5.44. The molecule has 0 saturated carbocycles. The summed E-state index contributed by atoms with van der Waals surface area (Å²) >= 11 is 0. The van der Waals surface area contributed by atoms with Crippen molar-refractivity contribution in [1.29, 1.82) is 0 Å². The fraction of sp³-hybridized carbons (Fsp3) is 0.750. The molecule has 1 aliphatic rings. The van der Waals surface area contributed by atoms with Gasteiger partial charge in [0.05, 0.1) is 5.69 Å². The highest BCUT2D eigenvalue weighted by molar-refractivity contribution is 7.89. The molecule has 0 aromatic carbocycles. The van der Waals surface area contributed by atoms with E-state index in [0.29, 0.717) is 6.04 Å². The molecule has 0 bridgehead atoms. The maximum Gasteiger partial charge on any atom is 0.261 e. The summed E-state index contributed by atoms with van der Waals surface area (Å²) < 4.78 is 27.9. The van der Waals surface area contributed by atoms with Gasteiger partial charge in [-0.1, -0.05) is 6.92 Å². The van der Waals surface area contributed by atoms with Crippen LogP contribution in [0.2, 0.25) is 0 Å². The molecule has 18 heavy (non-hydrogen) atoms. The molecule has 2 rings (SSSR count). The van der Waals surface area contributed by atoms with Crippen molar-refractivity contribution >= 4 is 10.0 Å². The molecule has 0 spiro atoms. The van der Waals surface area contributed by atoms with Crippen LogP contribution in [0.25, 0.3) is 0 Å². The van der Waals surface area contributed by atoms with Crippen LogP contribution >= 0.6 is 0 Å². The monoisotopic (exact) mass is 271 g/mol. The molecule has 0 fully saturated rings. The van der Waals surface area contributed by atoms with Crippen molar-refractivity contribution in [2.45, 2.75) is 50.6 Å². The molecular weight excluding hydrogens is 250 g/mol. The first-order valence-corrected chi connectivity index (χ1v) is 7.83. The molecule has 1 atom stereocenters. The average Bonchev–Trinajstić information content (AvgIpc) is 2.67. The number of sulfonamides is 1. The minimum atomic E-state index is -3.43. The van der Waals surface area contributed by atoms with Crippen LogP contribution in [0.3, 0.4) is 0 Å². The molecule has 1 aromatic rings. The van der Waals surface area contributed by atoms with Gasteiger partial charge in [-0.15, -0.1) is 0 Å². The molecule has 0 amide bonds. The molecule has 102 valence electrons. The Morgan fingerprint density at radius 1 is 1.44 bits per heavy atom. The molecule has 1 aromatic heterocycles. The summed E-state index contributed by atoms with van der Waals surface area (Å²) in [5.74, 6) is 0.817. The van der Waals surface area contributed by atoms with Gasteiger partial charge in [-0.2, -0.15) is 0 Å². The van der Waals surface area contributed by atoms with Gasteiger partial charge in [0.15, 0.2) is 5.03 Å². The van der Waals surface area contributed by atoms with Gasteiger partial charge < -0.3 is 4.57 Å². The number of rotatable bonds is 3. The van der Waals surface area contributed by atoms with Crippen LogP contribution in [0.5, 0.6) is 0 Å². The average molecular weight is 271 g/mol. The SMILES string of the molecule is CCC1CCCc2c(S(=O)(=O)N(C)C)nc(C)n21. The smallest absolute Gasteiger partial charge is 0.261 e. The first kappa shape index (κ1) is 13.5. The third-order valence-electron chi connectivity index (χ3n) is 3.66. The van der Waals surface area contributed by atoms with E-state index in [2.05, 4.69) is 16.5 Å². The topological polar surface area (TPSA) is 55.2 Å². The molecule has 0 radical (unpaired) electrons. The normalized spacial score (nSPS) is 20.2. The maximum absolute atomic E-state index is 12.3. The van der Waals surface area contributed by atoms with Gasteiger partial charge in [0.25, 0.3) is 10.0 Å². The van der Waals surface area contributed by atoms with Crippen LogP contribution in [0.15, 0.2) is 5.03 Å². The number of hydrogen-bond acceptors (Lipinski definition) is 3. The predicted octanol–water partition coefficient (Wildman–Crippen LogP) is 1.73. The summed E-state index contributed by atoms with van der Waals surface area (Å²) in [5, 5.41) is 0.253. The summed E-state index contributed by atoms with van der Waals surface area (Å²) in [7, 11) is -0.324. The number of aromatic nitrogens is 2. The van der Waals surface area contributed by atoms with Crippen molar-refractivity contribution in [3.8, 4) is 0 Å². The fourth-order valence-electron chi connectivity index (χ4n) is 2.68. The molecule has 0 aliphatic carbocycles. The number of aryl methyl sites for hydroxylation is 1. The Balaban J connectivity index is 2.60. The van der Waals surface area contributed by atoms with E-state index in [1.54, 1.807) is 14.1 Å². The van der Waals surface area contributed by atoms with Crippen molar-refractivity contribution in [1.82, 2.24) is 13.9 Å². The Morgan fingerprint density at radius 3 is 2.67 bits per heavy atom. The van der Waals surface area contributed by atoms with Gasteiger partial charge in [0, 0.05) is 20.1 Å². The van der Waals surface area contributed by atoms with E-state index < -0.39 is 10.0 Å². The second-order valence-corrected chi connectivity index (χ2v) is 7.09. The summed E-state index contributed by atoms with van der Waals surface area (Å²) in [5.41, 5.74) is 0.888. The second kappa shape index (κ2) is 4.66. The lowest BCUT2D eigenvalue weighted by Gasteiger charge is -2.26. The minimum Gasteiger partial charge on any atom is -0.328 e. The summed E-state index contributed by atoms with van der Waals surface area (Å²) in [6.07, 6.45) is 3.98. The van der Waals surface area contributed by atoms with E-state index in [9.17, 15) is 8.42 Å². The maximum atomic E-state index is 12.3. The van der Waals surface area contributed by atoms with Crippen molar-refractivity contribution in [2.24, 2.45) is 0 Å². The van der Waals surface area contributed by atoms with Crippen molar-refractivity contribution in [3.63, 3.8) is 0 Å². The van der Waals surface area contributed by atoms with Crippen molar-refractivity contribution in [3.05, 3.63) is 11.5 Å². The van der Waals surface area contributed by atoms with Crippen LogP contribution in [0, 0.1) is 6.92 Å². The van der Waals surface area contributed by atoms with Crippen molar-refractivity contribution in [2.75, 3.05) is 14.1 Å². The molecule has 0 saturated heterocycles. The number of imidazole rings is 1. The third kappa shape index (κ3) is 1.97. The quantitative estimate of drug-likeness (QED) is 0.841. The van der Waals surface area contributed by atoms with Gasteiger partial charge in [-0.05, 0) is 32.6 Å². The van der Waals surface area contributed by atoms with Crippen LogP contribution in [-0.4, -0.2) is 36.4 Å². The summed E-state index contributed by atoms with van der Waals surface area (Å²) in [4.78, 5) is 4.32. The first-order valence-electron chi connectivity index (χ1n) is 6.39. The van der Waals surface area contributed by atoms with Crippen LogP contribution in [0.1, 0.15) is 43.7 Å². The van der Waals surface area contributed by atoms with E-state index in [-0.39, 0.29) is 5.03 Å². The molecule has 6 heteroatoms. The zero-order chi connectivity index (χ0) is 13.5. The Labute approximate surface area is 109 Å². The number of hydrogen-bond donors (Lipinski definition) is 0. The summed E-state index contributed by atoms with van der Waals surface area (Å²) in [6, 6.07) is 0.396. The highest BCUT2D eigenvalue weighted by Crippen LogP contribution is 2.33. The standard InChI is InChI=1S/C12H21N3O2S/c1-5-10-7-6-8-11-12(13-9(2)15(10)11)18(16,17)14(3)4/h10H,5-8H2,1-4H3. The highest BCUT2D eigenvalue weighted by atomic mass is 32.2. The van der Waals surface area contributed by atoms with E-state index in [4.69, 9.17) is 0 Å². The van der Waals surface area contributed by atoms with E-state index in [0.717, 1.165) is 37.2 Å². The number of nitrogens with zero attached hydrogens (tertiary/aromatic N) is 3. The van der Waals surface area contributed by atoms with E-state index >= 15 is 0 Å². The number of fused-ring (bicyclic) bond motifs is 1. The van der Waals surface area contributed by atoms with E-state index in [1.807, 2.05) is 6.92 Å². The molecule has 1 unspecified atom stereocenters. The molecule has 5 nitrogen and oxygen atoms in total. The Bertz CT molecular complexity index is 546. The lowest BCUT2D eigenvalue weighted by atomic mass is 10.0. The van der Waals surface area contributed by atoms with Gasteiger partial charge >= 0.3 is 0 Å². The first-order chi connectivity index (χ1) is 8.39. The largest absolute Gasteiger partial charge is 0.328 e. The Kier molecular flexibility index (Phi) is 3.51. The predicted molar refractivity (Wildman–Crippen MR) is 70.1 cm³/mol. The second-order valence-electron chi connectivity index (χ2n) is 5.02. The zero-order valence-electron chi connectivity index (χ0n) is 11.5. The molecule has 1 aliphatic heterocycles. The Morgan fingerprint density at radius 2 is 2.11 bits per heavy atom. The van der Waals surface area contributed by atoms with Crippen LogP contribution in [0.4, 0.5) is 0 Å². The summed E-state index contributed by atoms with van der Waals surface area (Å²) in [6.45, 7) is 4.03.